The van der Waals surface area contributed by atoms with Crippen molar-refractivity contribution in [1.29, 1.82) is 0 Å². The topological polar surface area (TPSA) is 141 Å². The van der Waals surface area contributed by atoms with E-state index >= 15 is 8.78 Å². The van der Waals surface area contributed by atoms with Gasteiger partial charge in [0.2, 0.25) is 12.1 Å². The maximum Gasteiger partial charge on any atom is 0.458 e. The molecule has 2 aromatic rings. The molecule has 1 saturated heterocycles. The van der Waals surface area contributed by atoms with E-state index in [0.29, 0.717) is 21.7 Å². The molecule has 4 unspecified atom stereocenters. The quantitative estimate of drug-likeness (QED) is 0.0541. The highest BCUT2D eigenvalue weighted by molar-refractivity contribution is 7.52. The fourth-order valence-electron chi connectivity index (χ4n) is 5.03. The Bertz CT molecular complexity index is 1760. The van der Waals surface area contributed by atoms with E-state index < -0.39 is 44.4 Å². The van der Waals surface area contributed by atoms with Crippen molar-refractivity contribution in [1.82, 2.24) is 20.0 Å². The van der Waals surface area contributed by atoms with Gasteiger partial charge < -0.3 is 19.7 Å². The molecule has 1 fully saturated rings. The number of amides is 1. The van der Waals surface area contributed by atoms with Gasteiger partial charge in [0, 0.05) is 36.4 Å². The summed E-state index contributed by atoms with van der Waals surface area (Å²) in [6.45, 7) is 2.83. The Morgan fingerprint density at radius 1 is 0.945 bits per heavy atom. The first-order chi connectivity index (χ1) is 26.4. The fraction of sp³-hybridized carbons (Fsp3) is 0.425. The van der Waals surface area contributed by atoms with E-state index in [1.807, 2.05) is 12.2 Å². The molecule has 1 aromatic carbocycles. The molecule has 1 amide bonds. The second kappa shape index (κ2) is 24.5. The minimum absolute atomic E-state index is 0.0476. The third-order valence-corrected chi connectivity index (χ3v) is 9.74. The maximum absolute atomic E-state index is 15.0. The summed E-state index contributed by atoms with van der Waals surface area (Å²) >= 11 is 5.94. The largest absolute Gasteiger partial charge is 0.458 e. The maximum atomic E-state index is 15.0. The molecule has 15 heteroatoms. The minimum atomic E-state index is -4.29. The van der Waals surface area contributed by atoms with Gasteiger partial charge in [-0.1, -0.05) is 91.4 Å². The van der Waals surface area contributed by atoms with Gasteiger partial charge in [0.1, 0.15) is 11.9 Å². The molecule has 1 aliphatic rings. The number of benzene rings is 1. The van der Waals surface area contributed by atoms with Crippen molar-refractivity contribution < 1.29 is 37.0 Å². The van der Waals surface area contributed by atoms with Crippen molar-refractivity contribution in [3.63, 3.8) is 0 Å². The van der Waals surface area contributed by atoms with Crippen LogP contribution in [0.15, 0.2) is 114 Å². The van der Waals surface area contributed by atoms with Crippen molar-refractivity contribution in [2.45, 2.75) is 89.6 Å². The van der Waals surface area contributed by atoms with E-state index in [9.17, 15) is 19.3 Å². The highest BCUT2D eigenvalue weighted by atomic mass is 35.5. The van der Waals surface area contributed by atoms with Crippen molar-refractivity contribution in [3.05, 3.63) is 131 Å². The molecule has 300 valence electrons. The van der Waals surface area contributed by atoms with Crippen LogP contribution < -0.4 is 20.6 Å². The standard InChI is InChI=1S/C40H52ClF2N4O7P/c1-3-4-5-6-7-8-9-10-11-12-13-14-15-16-17-18-19-20-21-22-36(48)44-28-29-45-55(51,54-34-25-23-33(41)24-26-34)52-31-35-37(49)40(42,43)38(53-35)47-30-27-32(2)46-39(47)50/h4-5,7-8,10-11,13-14,16-17,19-20,23-27,30,35,37-38,49H,3,6,9,12,15,18,21-22,28-29,31H2,1-2H3,(H,44,48)(H,45,51). The average molecular weight is 805 g/mol. The summed E-state index contributed by atoms with van der Waals surface area (Å²) in [6.07, 6.45) is 26.5. The van der Waals surface area contributed by atoms with Crippen molar-refractivity contribution >= 4 is 25.3 Å². The van der Waals surface area contributed by atoms with Crippen LogP contribution in [-0.4, -0.2) is 58.4 Å². The summed E-state index contributed by atoms with van der Waals surface area (Å²) in [5, 5.41) is 16.1. The van der Waals surface area contributed by atoms with Gasteiger partial charge in [-0.15, -0.1) is 0 Å². The minimum Gasteiger partial charge on any atom is -0.413 e. The van der Waals surface area contributed by atoms with Crippen LogP contribution in [-0.2, 0) is 18.6 Å². The molecule has 11 nitrogen and oxygen atoms in total. The van der Waals surface area contributed by atoms with Crippen molar-refractivity contribution in [2.24, 2.45) is 0 Å². The molecule has 0 bridgehead atoms. The number of nitrogens with one attached hydrogen (secondary N) is 2. The van der Waals surface area contributed by atoms with E-state index in [4.69, 9.17) is 25.4 Å². The molecular formula is C40H52ClF2N4O7P. The summed E-state index contributed by atoms with van der Waals surface area (Å²) in [5.41, 5.74) is -0.674. The van der Waals surface area contributed by atoms with Crippen molar-refractivity contribution in [3.8, 4) is 5.75 Å². The van der Waals surface area contributed by atoms with Gasteiger partial charge in [-0.25, -0.2) is 14.4 Å². The van der Waals surface area contributed by atoms with Gasteiger partial charge in [-0.05, 0) is 82.2 Å². The number of aliphatic hydroxyl groups is 1. The van der Waals surface area contributed by atoms with Gasteiger partial charge >= 0.3 is 19.4 Å². The van der Waals surface area contributed by atoms with Crippen LogP contribution in [0.4, 0.5) is 8.78 Å². The summed E-state index contributed by atoms with van der Waals surface area (Å²) in [7, 11) is -4.29. The normalized spacial score (nSPS) is 19.9. The molecule has 0 saturated carbocycles. The Morgan fingerprint density at radius 3 is 2.07 bits per heavy atom. The number of aromatic nitrogens is 2. The number of aryl methyl sites for hydroxylation is 1. The molecular weight excluding hydrogens is 753 g/mol. The second-order valence-corrected chi connectivity index (χ2v) is 14.6. The zero-order valence-corrected chi connectivity index (χ0v) is 32.9. The average Bonchev–Trinajstić information content (AvgIpc) is 3.38. The summed E-state index contributed by atoms with van der Waals surface area (Å²) < 4.78 is 60.7. The Kier molecular flexibility index (Phi) is 20.3. The molecule has 1 aromatic heterocycles. The lowest BCUT2D eigenvalue weighted by atomic mass is 10.1. The van der Waals surface area contributed by atoms with Crippen LogP contribution in [0.3, 0.4) is 0 Å². The van der Waals surface area contributed by atoms with Crippen LogP contribution in [0.1, 0.15) is 70.2 Å². The smallest absolute Gasteiger partial charge is 0.413 e. The van der Waals surface area contributed by atoms with Crippen LogP contribution in [0.25, 0.3) is 0 Å². The number of allylic oxidation sites excluding steroid dienone is 12. The van der Waals surface area contributed by atoms with Gasteiger partial charge in [-0.2, -0.15) is 13.8 Å². The summed E-state index contributed by atoms with van der Waals surface area (Å²) in [6, 6.07) is 7.18. The van der Waals surface area contributed by atoms with Crippen molar-refractivity contribution in [2.75, 3.05) is 19.7 Å². The monoisotopic (exact) mass is 804 g/mol. The van der Waals surface area contributed by atoms with Crippen LogP contribution in [0, 0.1) is 6.92 Å². The highest BCUT2D eigenvalue weighted by Crippen LogP contribution is 2.47. The number of nitrogens with zero attached hydrogens (tertiary/aromatic N) is 2. The van der Waals surface area contributed by atoms with E-state index in [1.54, 1.807) is 0 Å². The fourth-order valence-corrected chi connectivity index (χ4v) is 6.49. The molecule has 55 heavy (non-hydrogen) atoms. The van der Waals surface area contributed by atoms with Gasteiger partial charge in [0.25, 0.3) is 0 Å². The molecule has 2 heterocycles. The Balaban J connectivity index is 1.38. The van der Waals surface area contributed by atoms with E-state index in [0.717, 1.165) is 44.7 Å². The predicted octanol–water partition coefficient (Wildman–Crippen LogP) is 8.49. The first-order valence-electron chi connectivity index (χ1n) is 18.3. The number of halogens is 3. The number of hydrogen-bond donors (Lipinski definition) is 3. The van der Waals surface area contributed by atoms with E-state index in [1.165, 1.54) is 37.3 Å². The first kappa shape index (κ1) is 45.4. The number of carbonyl (C=O) groups excluding carboxylic acids is 1. The predicted molar refractivity (Wildman–Crippen MR) is 212 cm³/mol. The third-order valence-electron chi connectivity index (χ3n) is 7.94. The van der Waals surface area contributed by atoms with Crippen LogP contribution in [0.2, 0.25) is 5.02 Å². The molecule has 0 aliphatic carbocycles. The SMILES string of the molecule is CCC=CCC=CCC=CCC=CCC=CCC=CCCC(=O)NCCNP(=O)(OCC1OC(n2ccc(C)nc2=O)C(F)(F)C1O)Oc1ccc(Cl)cc1. The lowest BCUT2D eigenvalue weighted by Crippen LogP contribution is -2.42. The summed E-state index contributed by atoms with van der Waals surface area (Å²) in [4.78, 5) is 28.3. The van der Waals surface area contributed by atoms with E-state index in [-0.39, 0.29) is 31.2 Å². The van der Waals surface area contributed by atoms with Gasteiger partial charge in [-0.3, -0.25) is 13.9 Å². The number of aliphatic hydroxyl groups excluding tert-OH is 1. The molecule has 3 N–H and O–H groups in total. The number of carbonyl (C=O) groups is 1. The van der Waals surface area contributed by atoms with Gasteiger partial charge in [0.05, 0.1) is 6.61 Å². The second-order valence-electron chi connectivity index (χ2n) is 12.5. The molecule has 3 rings (SSSR count). The number of alkyl halides is 2. The Morgan fingerprint density at radius 2 is 1.51 bits per heavy atom. The first-order valence-corrected chi connectivity index (χ1v) is 20.3. The lowest BCUT2D eigenvalue weighted by Gasteiger charge is -2.22. The third kappa shape index (κ3) is 16.7. The number of ether oxygens (including phenoxy) is 1. The Labute approximate surface area is 327 Å². The molecule has 0 radical (unpaired) electrons. The van der Waals surface area contributed by atoms with Gasteiger partial charge in [0.15, 0.2) is 6.10 Å². The summed E-state index contributed by atoms with van der Waals surface area (Å²) in [5.74, 6) is -4.04. The molecule has 1 aliphatic heterocycles. The van der Waals surface area contributed by atoms with E-state index in [2.05, 4.69) is 83.1 Å². The highest BCUT2D eigenvalue weighted by Gasteiger charge is 2.60. The molecule has 4 atom stereocenters. The lowest BCUT2D eigenvalue weighted by molar-refractivity contribution is -0.140. The molecule has 0 spiro atoms. The number of hydrogen-bond acceptors (Lipinski definition) is 8. The zero-order chi connectivity index (χ0) is 39.9. The Hall–Kier alpha value is -3.97. The van der Waals surface area contributed by atoms with Crippen LogP contribution in [0.5, 0.6) is 5.75 Å². The zero-order valence-electron chi connectivity index (χ0n) is 31.3. The number of rotatable bonds is 24. The van der Waals surface area contributed by atoms with Crippen LogP contribution >= 0.6 is 19.3 Å².